The van der Waals surface area contributed by atoms with E-state index in [1.807, 2.05) is 24.4 Å². The Morgan fingerprint density at radius 1 is 1.16 bits per heavy atom. The van der Waals surface area contributed by atoms with Gasteiger partial charge in [0.15, 0.2) is 11.5 Å². The lowest BCUT2D eigenvalue weighted by Gasteiger charge is -2.12. The van der Waals surface area contributed by atoms with E-state index in [-0.39, 0.29) is 0 Å². The molecule has 0 radical (unpaired) electrons. The molecule has 0 unspecified atom stereocenters. The zero-order chi connectivity index (χ0) is 13.7. The minimum Gasteiger partial charge on any atom is -0.493 e. The van der Waals surface area contributed by atoms with Crippen LogP contribution in [0.5, 0.6) is 11.5 Å². The number of rotatable bonds is 6. The van der Waals surface area contributed by atoms with E-state index in [1.165, 1.54) is 0 Å². The van der Waals surface area contributed by atoms with Gasteiger partial charge in [-0.2, -0.15) is 0 Å². The highest BCUT2D eigenvalue weighted by atomic mass is 16.5. The lowest BCUT2D eigenvalue weighted by molar-refractivity contribution is 0.356. The average molecular weight is 260 g/mol. The molecule has 0 fully saturated rings. The first kappa shape index (κ1) is 13.5. The summed E-state index contributed by atoms with van der Waals surface area (Å²) in [6, 6.07) is 5.92. The number of unbranched alkanes of at least 4 members (excludes halogenated alkanes) is 1. The van der Waals surface area contributed by atoms with E-state index in [1.54, 1.807) is 14.2 Å². The van der Waals surface area contributed by atoms with Gasteiger partial charge in [-0.3, -0.25) is 0 Å². The molecule has 1 N–H and O–H groups in total. The molecule has 0 aliphatic heterocycles. The molecule has 0 aliphatic carbocycles. The van der Waals surface area contributed by atoms with E-state index in [9.17, 15) is 0 Å². The van der Waals surface area contributed by atoms with Crippen molar-refractivity contribution in [2.24, 2.45) is 0 Å². The number of hydrogen-bond acceptors (Lipinski definition) is 4. The SMILES string of the molecule is CCCCNc1nccc2cc(OC)c(OC)cc12. The third kappa shape index (κ3) is 2.89. The van der Waals surface area contributed by atoms with Crippen LogP contribution in [0.2, 0.25) is 0 Å². The molecule has 1 aromatic carbocycles. The van der Waals surface area contributed by atoms with Crippen LogP contribution >= 0.6 is 0 Å². The Labute approximate surface area is 113 Å². The number of hydrogen-bond donors (Lipinski definition) is 1. The number of pyridine rings is 1. The summed E-state index contributed by atoms with van der Waals surface area (Å²) in [6.45, 7) is 3.10. The van der Waals surface area contributed by atoms with Crippen molar-refractivity contribution in [1.82, 2.24) is 4.98 Å². The maximum atomic E-state index is 5.34. The van der Waals surface area contributed by atoms with Crippen LogP contribution in [0.15, 0.2) is 24.4 Å². The first-order valence-corrected chi connectivity index (χ1v) is 6.54. The van der Waals surface area contributed by atoms with Crippen LogP contribution in [-0.2, 0) is 0 Å². The molecule has 2 rings (SSSR count). The zero-order valence-electron chi connectivity index (χ0n) is 11.7. The monoisotopic (exact) mass is 260 g/mol. The number of aromatic nitrogens is 1. The lowest BCUT2D eigenvalue weighted by atomic mass is 10.1. The fourth-order valence-corrected chi connectivity index (χ4v) is 2.02. The number of fused-ring (bicyclic) bond motifs is 1. The summed E-state index contributed by atoms with van der Waals surface area (Å²) in [6.07, 6.45) is 4.10. The molecule has 1 heterocycles. The normalized spacial score (nSPS) is 10.5. The third-order valence-electron chi connectivity index (χ3n) is 3.09. The molecular weight excluding hydrogens is 240 g/mol. The molecule has 4 nitrogen and oxygen atoms in total. The largest absolute Gasteiger partial charge is 0.493 e. The molecule has 0 bridgehead atoms. The maximum absolute atomic E-state index is 5.34. The molecule has 0 saturated heterocycles. The molecule has 0 amide bonds. The van der Waals surface area contributed by atoms with Crippen molar-refractivity contribution in [3.8, 4) is 11.5 Å². The van der Waals surface area contributed by atoms with E-state index in [0.29, 0.717) is 0 Å². The van der Waals surface area contributed by atoms with Gasteiger partial charge in [0.25, 0.3) is 0 Å². The predicted octanol–water partition coefficient (Wildman–Crippen LogP) is 3.46. The van der Waals surface area contributed by atoms with Crippen molar-refractivity contribution in [2.75, 3.05) is 26.1 Å². The highest BCUT2D eigenvalue weighted by Crippen LogP contribution is 2.34. The molecule has 0 aliphatic rings. The minimum absolute atomic E-state index is 0.724. The fourth-order valence-electron chi connectivity index (χ4n) is 2.02. The predicted molar refractivity (Wildman–Crippen MR) is 78.2 cm³/mol. The number of methoxy groups -OCH3 is 2. The van der Waals surface area contributed by atoms with Crippen LogP contribution in [0.3, 0.4) is 0 Å². The van der Waals surface area contributed by atoms with Crippen LogP contribution in [-0.4, -0.2) is 25.7 Å². The van der Waals surface area contributed by atoms with Gasteiger partial charge < -0.3 is 14.8 Å². The van der Waals surface area contributed by atoms with E-state index in [4.69, 9.17) is 9.47 Å². The van der Waals surface area contributed by atoms with Gasteiger partial charge in [0.05, 0.1) is 14.2 Å². The van der Waals surface area contributed by atoms with Gasteiger partial charge in [-0.15, -0.1) is 0 Å². The molecule has 102 valence electrons. The van der Waals surface area contributed by atoms with Gasteiger partial charge in [0.2, 0.25) is 0 Å². The second kappa shape index (κ2) is 6.27. The van der Waals surface area contributed by atoms with Crippen LogP contribution < -0.4 is 14.8 Å². The van der Waals surface area contributed by atoms with Crippen LogP contribution in [0.4, 0.5) is 5.82 Å². The molecule has 1 aromatic heterocycles. The van der Waals surface area contributed by atoms with Crippen LogP contribution in [0.25, 0.3) is 10.8 Å². The number of nitrogens with zero attached hydrogens (tertiary/aromatic N) is 1. The standard InChI is InChI=1S/C15H20N2O2/c1-4-5-7-16-15-12-10-14(19-3)13(18-2)9-11(12)6-8-17-15/h6,8-10H,4-5,7H2,1-3H3,(H,16,17). The van der Waals surface area contributed by atoms with Crippen molar-refractivity contribution in [2.45, 2.75) is 19.8 Å². The fraction of sp³-hybridized carbons (Fsp3) is 0.400. The molecular formula is C15H20N2O2. The molecule has 2 aromatic rings. The number of nitrogens with one attached hydrogen (secondary N) is 1. The summed E-state index contributed by atoms with van der Waals surface area (Å²) in [7, 11) is 3.29. The first-order valence-electron chi connectivity index (χ1n) is 6.54. The highest BCUT2D eigenvalue weighted by Gasteiger charge is 2.09. The van der Waals surface area contributed by atoms with Crippen molar-refractivity contribution >= 4 is 16.6 Å². The van der Waals surface area contributed by atoms with Crippen LogP contribution in [0.1, 0.15) is 19.8 Å². The third-order valence-corrected chi connectivity index (χ3v) is 3.09. The van der Waals surface area contributed by atoms with Crippen molar-refractivity contribution in [3.05, 3.63) is 24.4 Å². The Morgan fingerprint density at radius 3 is 2.58 bits per heavy atom. The topological polar surface area (TPSA) is 43.4 Å². The van der Waals surface area contributed by atoms with Crippen molar-refractivity contribution in [3.63, 3.8) is 0 Å². The second-order valence-corrected chi connectivity index (χ2v) is 4.37. The average Bonchev–Trinajstić information content (AvgIpc) is 2.46. The summed E-state index contributed by atoms with van der Waals surface area (Å²) in [4.78, 5) is 4.40. The Hall–Kier alpha value is -1.97. The zero-order valence-corrected chi connectivity index (χ0v) is 11.7. The van der Waals surface area contributed by atoms with Gasteiger partial charge in [0, 0.05) is 18.1 Å². The van der Waals surface area contributed by atoms with E-state index >= 15 is 0 Å². The first-order chi connectivity index (χ1) is 9.30. The Morgan fingerprint density at radius 2 is 1.89 bits per heavy atom. The van der Waals surface area contributed by atoms with Gasteiger partial charge in [-0.05, 0) is 30.0 Å². The van der Waals surface area contributed by atoms with Crippen molar-refractivity contribution in [1.29, 1.82) is 0 Å². The van der Waals surface area contributed by atoms with E-state index in [0.717, 1.165) is 47.5 Å². The Bertz CT molecular complexity index is 555. The van der Waals surface area contributed by atoms with Crippen LogP contribution in [0, 0.1) is 0 Å². The quantitative estimate of drug-likeness (QED) is 0.808. The van der Waals surface area contributed by atoms with E-state index < -0.39 is 0 Å². The number of benzene rings is 1. The molecule has 4 heteroatoms. The van der Waals surface area contributed by atoms with Gasteiger partial charge in [-0.25, -0.2) is 4.98 Å². The van der Waals surface area contributed by atoms with Crippen molar-refractivity contribution < 1.29 is 9.47 Å². The summed E-state index contributed by atoms with van der Waals surface area (Å²) >= 11 is 0. The number of anilines is 1. The summed E-state index contributed by atoms with van der Waals surface area (Å²) < 4.78 is 10.7. The Kier molecular flexibility index (Phi) is 4.44. The highest BCUT2D eigenvalue weighted by molar-refractivity contribution is 5.94. The molecule has 0 spiro atoms. The molecule has 19 heavy (non-hydrogen) atoms. The summed E-state index contributed by atoms with van der Waals surface area (Å²) in [5.41, 5.74) is 0. The van der Waals surface area contributed by atoms with Gasteiger partial charge >= 0.3 is 0 Å². The minimum atomic E-state index is 0.724. The Balaban J connectivity index is 2.42. The number of ether oxygens (including phenoxy) is 2. The maximum Gasteiger partial charge on any atom is 0.161 e. The van der Waals surface area contributed by atoms with Gasteiger partial charge in [0.1, 0.15) is 5.82 Å². The molecule has 0 saturated carbocycles. The van der Waals surface area contributed by atoms with Gasteiger partial charge in [-0.1, -0.05) is 13.3 Å². The second-order valence-electron chi connectivity index (χ2n) is 4.37. The summed E-state index contributed by atoms with van der Waals surface area (Å²) in [5.74, 6) is 2.36. The molecule has 0 atom stereocenters. The summed E-state index contributed by atoms with van der Waals surface area (Å²) in [5, 5.41) is 5.51. The smallest absolute Gasteiger partial charge is 0.161 e. The van der Waals surface area contributed by atoms with E-state index in [2.05, 4.69) is 17.2 Å². The lowest BCUT2D eigenvalue weighted by Crippen LogP contribution is -2.03.